The zero-order valence-electron chi connectivity index (χ0n) is 12.0. The molecular weight excluding hydrogens is 331 g/mol. The lowest BCUT2D eigenvalue weighted by Gasteiger charge is -2.27. The summed E-state index contributed by atoms with van der Waals surface area (Å²) in [5.41, 5.74) is -0.518. The molecule has 0 amide bonds. The molecule has 1 N–H and O–H groups in total. The predicted molar refractivity (Wildman–Crippen MR) is 79.8 cm³/mol. The van der Waals surface area contributed by atoms with E-state index in [0.717, 1.165) is 19.2 Å². The SMILES string of the molecule is O=c1nc(N2CCNCC2)ncn1Cc1ccc(C(F)(F)F)s1. The van der Waals surface area contributed by atoms with Crippen LogP contribution in [0.15, 0.2) is 23.3 Å². The van der Waals surface area contributed by atoms with E-state index < -0.39 is 16.7 Å². The van der Waals surface area contributed by atoms with Crippen molar-refractivity contribution in [2.45, 2.75) is 12.7 Å². The molecule has 0 bridgehead atoms. The van der Waals surface area contributed by atoms with Crippen LogP contribution in [-0.2, 0) is 12.7 Å². The van der Waals surface area contributed by atoms with E-state index in [9.17, 15) is 18.0 Å². The predicted octanol–water partition coefficient (Wildman–Crippen LogP) is 1.18. The summed E-state index contributed by atoms with van der Waals surface area (Å²) >= 11 is 0.617. The summed E-state index contributed by atoms with van der Waals surface area (Å²) in [5, 5.41) is 3.19. The van der Waals surface area contributed by atoms with Gasteiger partial charge in [0.05, 0.1) is 6.54 Å². The van der Waals surface area contributed by atoms with E-state index in [1.807, 2.05) is 4.90 Å². The van der Waals surface area contributed by atoms with Crippen molar-refractivity contribution in [3.05, 3.63) is 38.7 Å². The normalized spacial score (nSPS) is 15.9. The molecule has 124 valence electrons. The maximum atomic E-state index is 12.6. The van der Waals surface area contributed by atoms with Gasteiger partial charge in [-0.3, -0.25) is 4.57 Å². The van der Waals surface area contributed by atoms with Crippen molar-refractivity contribution in [3.8, 4) is 0 Å². The van der Waals surface area contributed by atoms with Crippen LogP contribution >= 0.6 is 11.3 Å². The molecule has 10 heteroatoms. The fraction of sp³-hybridized carbons (Fsp3) is 0.462. The maximum absolute atomic E-state index is 12.6. The van der Waals surface area contributed by atoms with Gasteiger partial charge in [0.1, 0.15) is 11.2 Å². The van der Waals surface area contributed by atoms with E-state index in [1.165, 1.54) is 17.0 Å². The number of aromatic nitrogens is 3. The third-order valence-electron chi connectivity index (χ3n) is 3.42. The second-order valence-corrected chi connectivity index (χ2v) is 6.24. The van der Waals surface area contributed by atoms with Crippen LogP contribution in [0.25, 0.3) is 0 Å². The minimum absolute atomic E-state index is 0.0292. The Morgan fingerprint density at radius 3 is 2.61 bits per heavy atom. The summed E-state index contributed by atoms with van der Waals surface area (Å²) in [6.07, 6.45) is -3.03. The Balaban J connectivity index is 1.76. The quantitative estimate of drug-likeness (QED) is 0.905. The topological polar surface area (TPSA) is 63.1 Å². The van der Waals surface area contributed by atoms with E-state index >= 15 is 0 Å². The van der Waals surface area contributed by atoms with Crippen LogP contribution in [0.2, 0.25) is 0 Å². The first-order chi connectivity index (χ1) is 10.9. The molecule has 2 aromatic heterocycles. The zero-order valence-corrected chi connectivity index (χ0v) is 12.8. The molecule has 0 atom stereocenters. The maximum Gasteiger partial charge on any atom is 0.425 e. The Hall–Kier alpha value is -1.94. The highest BCUT2D eigenvalue weighted by Crippen LogP contribution is 2.34. The second-order valence-electron chi connectivity index (χ2n) is 5.07. The summed E-state index contributed by atoms with van der Waals surface area (Å²) in [4.78, 5) is 21.8. The van der Waals surface area contributed by atoms with Crippen molar-refractivity contribution >= 4 is 17.3 Å². The lowest BCUT2D eigenvalue weighted by atomic mass is 10.4. The van der Waals surface area contributed by atoms with Gasteiger partial charge in [0, 0.05) is 31.1 Å². The fourth-order valence-electron chi connectivity index (χ4n) is 2.26. The molecule has 3 heterocycles. The lowest BCUT2D eigenvalue weighted by Crippen LogP contribution is -2.45. The van der Waals surface area contributed by atoms with Gasteiger partial charge in [0.2, 0.25) is 5.95 Å². The third kappa shape index (κ3) is 3.70. The number of halogens is 3. The number of rotatable bonds is 3. The van der Waals surface area contributed by atoms with Crippen LogP contribution in [0.5, 0.6) is 0 Å². The highest BCUT2D eigenvalue weighted by molar-refractivity contribution is 7.12. The zero-order chi connectivity index (χ0) is 16.4. The minimum Gasteiger partial charge on any atom is -0.338 e. The molecule has 1 aliphatic heterocycles. The summed E-state index contributed by atoms with van der Waals surface area (Å²) in [6, 6.07) is 2.38. The number of hydrogen-bond donors (Lipinski definition) is 1. The summed E-state index contributed by atoms with van der Waals surface area (Å²) in [7, 11) is 0. The van der Waals surface area contributed by atoms with Crippen LogP contribution in [0, 0.1) is 0 Å². The van der Waals surface area contributed by atoms with Gasteiger partial charge in [-0.25, -0.2) is 9.78 Å². The first kappa shape index (κ1) is 15.9. The smallest absolute Gasteiger partial charge is 0.338 e. The number of piperazine rings is 1. The molecule has 6 nitrogen and oxygen atoms in total. The second kappa shape index (κ2) is 6.28. The van der Waals surface area contributed by atoms with Crippen LogP contribution in [0.1, 0.15) is 9.75 Å². The van der Waals surface area contributed by atoms with E-state index in [2.05, 4.69) is 15.3 Å². The molecule has 0 aromatic carbocycles. The average molecular weight is 345 g/mol. The summed E-state index contributed by atoms with van der Waals surface area (Å²) in [5.74, 6) is 0.356. The molecule has 23 heavy (non-hydrogen) atoms. The van der Waals surface area contributed by atoms with Gasteiger partial charge in [-0.15, -0.1) is 11.3 Å². The number of nitrogens with zero attached hydrogens (tertiary/aromatic N) is 4. The number of nitrogens with one attached hydrogen (secondary N) is 1. The molecule has 0 radical (unpaired) electrons. The highest BCUT2D eigenvalue weighted by Gasteiger charge is 2.32. The molecule has 1 fully saturated rings. The molecule has 0 saturated carbocycles. The van der Waals surface area contributed by atoms with Crippen LogP contribution in [0.3, 0.4) is 0 Å². The van der Waals surface area contributed by atoms with Crippen molar-refractivity contribution in [2.24, 2.45) is 0 Å². The Bertz CT molecular complexity index is 736. The van der Waals surface area contributed by atoms with Gasteiger partial charge >= 0.3 is 11.9 Å². The van der Waals surface area contributed by atoms with Crippen molar-refractivity contribution < 1.29 is 13.2 Å². The Morgan fingerprint density at radius 2 is 2.00 bits per heavy atom. The lowest BCUT2D eigenvalue weighted by molar-refractivity contribution is -0.134. The van der Waals surface area contributed by atoms with E-state index in [-0.39, 0.29) is 6.54 Å². The fourth-order valence-corrected chi connectivity index (χ4v) is 3.13. The molecular formula is C13H14F3N5OS. The van der Waals surface area contributed by atoms with Gasteiger partial charge < -0.3 is 10.2 Å². The number of alkyl halides is 3. The van der Waals surface area contributed by atoms with Gasteiger partial charge in [-0.1, -0.05) is 0 Å². The molecule has 0 unspecified atom stereocenters. The molecule has 0 spiro atoms. The number of hydrogen-bond acceptors (Lipinski definition) is 6. The van der Waals surface area contributed by atoms with Crippen molar-refractivity contribution in [3.63, 3.8) is 0 Å². The summed E-state index contributed by atoms with van der Waals surface area (Å²) in [6.45, 7) is 3.04. The summed E-state index contributed by atoms with van der Waals surface area (Å²) < 4.78 is 39.0. The number of thiophene rings is 1. The van der Waals surface area contributed by atoms with E-state index in [0.29, 0.717) is 35.3 Å². The van der Waals surface area contributed by atoms with Crippen molar-refractivity contribution in [1.82, 2.24) is 19.9 Å². The molecule has 3 rings (SSSR count). The number of anilines is 1. The minimum atomic E-state index is -4.36. The Labute approximate surface area is 133 Å². The van der Waals surface area contributed by atoms with Crippen molar-refractivity contribution in [2.75, 3.05) is 31.1 Å². The Morgan fingerprint density at radius 1 is 1.26 bits per heavy atom. The van der Waals surface area contributed by atoms with Crippen molar-refractivity contribution in [1.29, 1.82) is 0 Å². The average Bonchev–Trinajstić information content (AvgIpc) is 2.99. The van der Waals surface area contributed by atoms with E-state index in [4.69, 9.17) is 0 Å². The van der Waals surface area contributed by atoms with Crippen LogP contribution in [0.4, 0.5) is 19.1 Å². The van der Waals surface area contributed by atoms with Gasteiger partial charge in [0.25, 0.3) is 0 Å². The van der Waals surface area contributed by atoms with Gasteiger partial charge in [0.15, 0.2) is 0 Å². The van der Waals surface area contributed by atoms with Crippen LogP contribution < -0.4 is 15.9 Å². The third-order valence-corrected chi connectivity index (χ3v) is 4.54. The molecule has 1 saturated heterocycles. The molecule has 0 aliphatic carbocycles. The monoisotopic (exact) mass is 345 g/mol. The largest absolute Gasteiger partial charge is 0.425 e. The van der Waals surface area contributed by atoms with Crippen LogP contribution in [-0.4, -0.2) is 40.7 Å². The molecule has 2 aromatic rings. The van der Waals surface area contributed by atoms with Gasteiger partial charge in [-0.05, 0) is 12.1 Å². The molecule has 1 aliphatic rings. The van der Waals surface area contributed by atoms with Gasteiger partial charge in [-0.2, -0.15) is 18.2 Å². The Kier molecular flexibility index (Phi) is 4.35. The first-order valence-electron chi connectivity index (χ1n) is 6.98. The van der Waals surface area contributed by atoms with E-state index in [1.54, 1.807) is 0 Å². The highest BCUT2D eigenvalue weighted by atomic mass is 32.1. The standard InChI is InChI=1S/C13H14F3N5OS/c14-13(15,16)10-2-1-9(23-10)7-21-8-18-11(19-12(21)22)20-5-3-17-4-6-20/h1-2,8,17H,3-7H2. The first-order valence-corrected chi connectivity index (χ1v) is 7.80.